The van der Waals surface area contributed by atoms with Crippen LogP contribution in [0.2, 0.25) is 0 Å². The van der Waals surface area contributed by atoms with Gasteiger partial charge < -0.3 is 10.3 Å². The number of hydrogen-bond acceptors (Lipinski definition) is 3. The first-order valence-electron chi connectivity index (χ1n) is 6.57. The van der Waals surface area contributed by atoms with Gasteiger partial charge >= 0.3 is 0 Å². The van der Waals surface area contributed by atoms with Crippen molar-refractivity contribution in [2.24, 2.45) is 0 Å². The van der Waals surface area contributed by atoms with Crippen LogP contribution in [0, 0.1) is 0 Å². The van der Waals surface area contributed by atoms with E-state index in [0.29, 0.717) is 0 Å². The first-order valence-corrected chi connectivity index (χ1v) is 6.57. The third-order valence-corrected chi connectivity index (χ3v) is 3.33. The lowest BCUT2D eigenvalue weighted by Gasteiger charge is -2.03. The van der Waals surface area contributed by atoms with Crippen LogP contribution < -0.4 is 5.32 Å². The zero-order valence-corrected chi connectivity index (χ0v) is 10.6. The molecule has 2 N–H and O–H groups in total. The summed E-state index contributed by atoms with van der Waals surface area (Å²) in [6.07, 6.45) is 9.25. The SMILES string of the molecule is CCc1cnccc1-c1ncc(CNC2CC2)[nH]1. The van der Waals surface area contributed by atoms with Gasteiger partial charge in [-0.3, -0.25) is 4.98 Å². The Morgan fingerprint density at radius 3 is 3.06 bits per heavy atom. The van der Waals surface area contributed by atoms with Crippen molar-refractivity contribution in [2.75, 3.05) is 0 Å². The molecule has 0 unspecified atom stereocenters. The van der Waals surface area contributed by atoms with Crippen molar-refractivity contribution < 1.29 is 0 Å². The molecule has 0 saturated heterocycles. The van der Waals surface area contributed by atoms with Crippen LogP contribution in [0.25, 0.3) is 11.4 Å². The zero-order chi connectivity index (χ0) is 12.4. The van der Waals surface area contributed by atoms with Crippen molar-refractivity contribution in [1.82, 2.24) is 20.3 Å². The van der Waals surface area contributed by atoms with Crippen LogP contribution in [0.3, 0.4) is 0 Å². The fourth-order valence-corrected chi connectivity index (χ4v) is 2.07. The van der Waals surface area contributed by atoms with Crippen LogP contribution in [0.15, 0.2) is 24.7 Å². The molecule has 0 radical (unpaired) electrons. The van der Waals surface area contributed by atoms with Crippen molar-refractivity contribution in [3.63, 3.8) is 0 Å². The van der Waals surface area contributed by atoms with Crippen molar-refractivity contribution in [1.29, 1.82) is 0 Å². The molecule has 0 amide bonds. The quantitative estimate of drug-likeness (QED) is 0.845. The number of nitrogens with one attached hydrogen (secondary N) is 2. The van der Waals surface area contributed by atoms with Crippen LogP contribution in [0.4, 0.5) is 0 Å². The maximum atomic E-state index is 4.47. The molecule has 18 heavy (non-hydrogen) atoms. The number of rotatable bonds is 5. The van der Waals surface area contributed by atoms with E-state index in [1.807, 2.05) is 24.7 Å². The molecule has 4 nitrogen and oxygen atoms in total. The number of aryl methyl sites for hydroxylation is 1. The van der Waals surface area contributed by atoms with Gasteiger partial charge in [-0.05, 0) is 30.9 Å². The molecule has 1 aliphatic carbocycles. The van der Waals surface area contributed by atoms with E-state index in [4.69, 9.17) is 0 Å². The molecule has 2 heterocycles. The average Bonchev–Trinajstić information content (AvgIpc) is 3.13. The minimum Gasteiger partial charge on any atom is -0.341 e. The highest BCUT2D eigenvalue weighted by molar-refractivity contribution is 5.59. The van der Waals surface area contributed by atoms with Crippen LogP contribution in [-0.2, 0) is 13.0 Å². The predicted molar refractivity (Wildman–Crippen MR) is 71.1 cm³/mol. The Morgan fingerprint density at radius 1 is 1.39 bits per heavy atom. The summed E-state index contributed by atoms with van der Waals surface area (Å²) in [5.41, 5.74) is 3.54. The molecule has 1 aliphatic rings. The molecular formula is C14H18N4. The van der Waals surface area contributed by atoms with Gasteiger partial charge in [0.15, 0.2) is 0 Å². The van der Waals surface area contributed by atoms with E-state index < -0.39 is 0 Å². The van der Waals surface area contributed by atoms with E-state index in [0.717, 1.165) is 36.1 Å². The first kappa shape index (κ1) is 11.4. The molecule has 2 aromatic rings. The van der Waals surface area contributed by atoms with Crippen molar-refractivity contribution in [3.05, 3.63) is 35.9 Å². The normalized spacial score (nSPS) is 14.9. The van der Waals surface area contributed by atoms with Crippen molar-refractivity contribution >= 4 is 0 Å². The van der Waals surface area contributed by atoms with Gasteiger partial charge in [0, 0.05) is 42.4 Å². The van der Waals surface area contributed by atoms with Gasteiger partial charge in [-0.2, -0.15) is 0 Å². The van der Waals surface area contributed by atoms with Crippen molar-refractivity contribution in [2.45, 2.75) is 38.8 Å². The summed E-state index contributed by atoms with van der Waals surface area (Å²) in [6, 6.07) is 2.75. The lowest BCUT2D eigenvalue weighted by atomic mass is 10.1. The average molecular weight is 242 g/mol. The monoisotopic (exact) mass is 242 g/mol. The second-order valence-electron chi connectivity index (χ2n) is 4.80. The standard InChI is InChI=1S/C14H18N4/c1-2-10-7-15-6-5-13(10)14-17-9-12(18-14)8-16-11-3-4-11/h5-7,9,11,16H,2-4,8H2,1H3,(H,17,18). The Hall–Kier alpha value is -1.68. The molecule has 0 aromatic carbocycles. The number of nitrogens with zero attached hydrogens (tertiary/aromatic N) is 2. The van der Waals surface area contributed by atoms with Gasteiger partial charge in [-0.15, -0.1) is 0 Å². The highest BCUT2D eigenvalue weighted by Gasteiger charge is 2.20. The van der Waals surface area contributed by atoms with Crippen LogP contribution in [-0.4, -0.2) is 21.0 Å². The molecule has 2 aromatic heterocycles. The number of aromatic nitrogens is 3. The second kappa shape index (κ2) is 4.90. The predicted octanol–water partition coefficient (Wildman–Crippen LogP) is 2.29. The topological polar surface area (TPSA) is 53.6 Å². The summed E-state index contributed by atoms with van der Waals surface area (Å²) in [4.78, 5) is 12.0. The number of hydrogen-bond donors (Lipinski definition) is 2. The summed E-state index contributed by atoms with van der Waals surface area (Å²) in [7, 11) is 0. The molecule has 0 bridgehead atoms. The van der Waals surface area contributed by atoms with E-state index >= 15 is 0 Å². The van der Waals surface area contributed by atoms with E-state index in [-0.39, 0.29) is 0 Å². The van der Waals surface area contributed by atoms with E-state index in [2.05, 4.69) is 27.2 Å². The molecule has 3 rings (SSSR count). The number of pyridine rings is 1. The van der Waals surface area contributed by atoms with Gasteiger partial charge in [-0.1, -0.05) is 6.92 Å². The molecule has 0 spiro atoms. The molecule has 4 heteroatoms. The van der Waals surface area contributed by atoms with Gasteiger partial charge in [0.2, 0.25) is 0 Å². The third kappa shape index (κ3) is 2.43. The minimum atomic E-state index is 0.726. The number of aromatic amines is 1. The number of imidazole rings is 1. The molecule has 1 fully saturated rings. The number of H-pyrrole nitrogens is 1. The van der Waals surface area contributed by atoms with E-state index in [1.54, 1.807) is 0 Å². The van der Waals surface area contributed by atoms with Crippen LogP contribution >= 0.6 is 0 Å². The molecule has 0 atom stereocenters. The molecule has 0 aliphatic heterocycles. The summed E-state index contributed by atoms with van der Waals surface area (Å²) in [5, 5.41) is 3.48. The lowest BCUT2D eigenvalue weighted by molar-refractivity contribution is 0.677. The van der Waals surface area contributed by atoms with Gasteiger partial charge in [0.1, 0.15) is 5.82 Å². The Balaban J connectivity index is 1.78. The summed E-state index contributed by atoms with van der Waals surface area (Å²) < 4.78 is 0. The second-order valence-corrected chi connectivity index (χ2v) is 4.80. The zero-order valence-electron chi connectivity index (χ0n) is 10.6. The highest BCUT2D eigenvalue weighted by Crippen LogP contribution is 2.21. The van der Waals surface area contributed by atoms with Crippen LogP contribution in [0.1, 0.15) is 31.0 Å². The Bertz CT molecular complexity index is 528. The van der Waals surface area contributed by atoms with Gasteiger partial charge in [-0.25, -0.2) is 4.98 Å². The fourth-order valence-electron chi connectivity index (χ4n) is 2.07. The summed E-state index contributed by atoms with van der Waals surface area (Å²) >= 11 is 0. The Labute approximate surface area is 107 Å². The Morgan fingerprint density at radius 2 is 2.28 bits per heavy atom. The highest BCUT2D eigenvalue weighted by atomic mass is 15.0. The smallest absolute Gasteiger partial charge is 0.137 e. The summed E-state index contributed by atoms with van der Waals surface area (Å²) in [6.45, 7) is 3.02. The van der Waals surface area contributed by atoms with Crippen molar-refractivity contribution in [3.8, 4) is 11.4 Å². The minimum absolute atomic E-state index is 0.726. The largest absolute Gasteiger partial charge is 0.341 e. The molecule has 94 valence electrons. The van der Waals surface area contributed by atoms with E-state index in [9.17, 15) is 0 Å². The molecule has 1 saturated carbocycles. The van der Waals surface area contributed by atoms with Gasteiger partial charge in [0.25, 0.3) is 0 Å². The molecular weight excluding hydrogens is 224 g/mol. The van der Waals surface area contributed by atoms with Gasteiger partial charge in [0.05, 0.1) is 0 Å². The maximum Gasteiger partial charge on any atom is 0.137 e. The van der Waals surface area contributed by atoms with E-state index in [1.165, 1.54) is 18.4 Å². The third-order valence-electron chi connectivity index (χ3n) is 3.33. The lowest BCUT2D eigenvalue weighted by Crippen LogP contribution is -2.15. The van der Waals surface area contributed by atoms with Crippen LogP contribution in [0.5, 0.6) is 0 Å². The first-order chi connectivity index (χ1) is 8.86. The maximum absolute atomic E-state index is 4.47. The Kier molecular flexibility index (Phi) is 3.11. The fraction of sp³-hybridized carbons (Fsp3) is 0.429. The summed E-state index contributed by atoms with van der Waals surface area (Å²) in [5.74, 6) is 0.946.